The van der Waals surface area contributed by atoms with Crippen molar-refractivity contribution >= 4 is 29.5 Å². The number of unbranched alkanes of at least 4 members (excludes halogenated alkanes) is 2. The quantitative estimate of drug-likeness (QED) is 0.291. The van der Waals surface area contributed by atoms with E-state index in [0.717, 1.165) is 25.7 Å². The zero-order chi connectivity index (χ0) is 18.1. The van der Waals surface area contributed by atoms with Gasteiger partial charge in [0.25, 0.3) is 0 Å². The molecule has 0 aliphatic heterocycles. The number of hydrogen-bond donors (Lipinski definition) is 1. The highest BCUT2D eigenvalue weighted by molar-refractivity contribution is 8.17. The fourth-order valence-corrected chi connectivity index (χ4v) is 5.06. The van der Waals surface area contributed by atoms with E-state index in [1.54, 1.807) is 0 Å². The van der Waals surface area contributed by atoms with Crippen LogP contribution >= 0.6 is 23.5 Å². The molecule has 0 unspecified atom stereocenters. The molecule has 0 aromatic heterocycles. The summed E-state index contributed by atoms with van der Waals surface area (Å²) in [6, 6.07) is 17.4. The molecule has 0 aliphatic rings. The number of benzene rings is 2. The van der Waals surface area contributed by atoms with Crippen molar-refractivity contribution in [2.75, 3.05) is 0 Å². The number of aliphatic carboxylic acids is 1. The van der Waals surface area contributed by atoms with Crippen LogP contribution in [0.15, 0.2) is 58.3 Å². The monoisotopic (exact) mass is 374 g/mol. The Bertz CT molecular complexity index is 603. The van der Waals surface area contributed by atoms with Crippen molar-refractivity contribution in [3.05, 3.63) is 59.7 Å². The van der Waals surface area contributed by atoms with Crippen LogP contribution in [0.2, 0.25) is 0 Å². The number of aryl methyl sites for hydroxylation is 2. The second kappa shape index (κ2) is 10.6. The van der Waals surface area contributed by atoms with E-state index in [2.05, 4.69) is 62.4 Å². The van der Waals surface area contributed by atoms with E-state index >= 15 is 0 Å². The van der Waals surface area contributed by atoms with Crippen LogP contribution in [0.3, 0.4) is 0 Å². The summed E-state index contributed by atoms with van der Waals surface area (Å²) >= 11 is 3.81. The predicted octanol–water partition coefficient (Wildman–Crippen LogP) is 6.55. The molecule has 0 bridgehead atoms. The first-order valence-corrected chi connectivity index (χ1v) is 10.5. The molecule has 0 amide bonds. The van der Waals surface area contributed by atoms with Crippen LogP contribution in [-0.2, 0) is 4.79 Å². The van der Waals surface area contributed by atoms with E-state index in [1.165, 1.54) is 20.9 Å². The van der Waals surface area contributed by atoms with E-state index < -0.39 is 5.97 Å². The number of thioether (sulfide) groups is 2. The van der Waals surface area contributed by atoms with Gasteiger partial charge in [-0.3, -0.25) is 4.79 Å². The van der Waals surface area contributed by atoms with Gasteiger partial charge in [-0.2, -0.15) is 0 Å². The summed E-state index contributed by atoms with van der Waals surface area (Å²) in [4.78, 5) is 13.2. The molecule has 2 aromatic rings. The maximum atomic E-state index is 10.6. The average molecular weight is 375 g/mol. The van der Waals surface area contributed by atoms with Crippen molar-refractivity contribution in [1.82, 2.24) is 0 Å². The number of hydrogen-bond acceptors (Lipinski definition) is 3. The Morgan fingerprint density at radius 1 is 0.840 bits per heavy atom. The molecular weight excluding hydrogens is 348 g/mol. The maximum absolute atomic E-state index is 10.6. The molecule has 0 fully saturated rings. The molecule has 0 aliphatic carbocycles. The van der Waals surface area contributed by atoms with E-state index in [4.69, 9.17) is 5.11 Å². The molecule has 2 nitrogen and oxygen atoms in total. The number of rotatable bonds is 10. The van der Waals surface area contributed by atoms with Gasteiger partial charge in [0.2, 0.25) is 0 Å². The second-order valence-corrected chi connectivity index (χ2v) is 9.14. The lowest BCUT2D eigenvalue weighted by molar-refractivity contribution is -0.137. The fraction of sp³-hybridized carbons (Fsp3) is 0.381. The van der Waals surface area contributed by atoms with Gasteiger partial charge in [-0.15, -0.1) is 23.5 Å². The maximum Gasteiger partial charge on any atom is 0.303 e. The molecule has 0 radical (unpaired) electrons. The zero-order valence-electron chi connectivity index (χ0n) is 14.9. The third-order valence-corrected chi connectivity index (χ3v) is 6.57. The van der Waals surface area contributed by atoms with Crippen LogP contribution < -0.4 is 0 Å². The Hall–Kier alpha value is -1.39. The van der Waals surface area contributed by atoms with Crippen LogP contribution in [0, 0.1) is 13.8 Å². The highest BCUT2D eigenvalue weighted by Crippen LogP contribution is 2.38. The van der Waals surface area contributed by atoms with Crippen LogP contribution in [-0.4, -0.2) is 15.7 Å². The lowest BCUT2D eigenvalue weighted by Gasteiger charge is -2.16. The summed E-state index contributed by atoms with van der Waals surface area (Å²) < 4.78 is 0.440. The summed E-state index contributed by atoms with van der Waals surface area (Å²) in [6.45, 7) is 4.21. The fourth-order valence-electron chi connectivity index (χ4n) is 2.44. The Kier molecular flexibility index (Phi) is 8.42. The normalized spacial score (nSPS) is 11.0. The molecule has 0 atom stereocenters. The van der Waals surface area contributed by atoms with Crippen molar-refractivity contribution < 1.29 is 9.90 Å². The molecule has 2 rings (SSSR count). The molecule has 134 valence electrons. The minimum absolute atomic E-state index is 0.279. The first kappa shape index (κ1) is 19.9. The van der Waals surface area contributed by atoms with Crippen molar-refractivity contribution in [2.24, 2.45) is 0 Å². The number of carbonyl (C=O) groups is 1. The van der Waals surface area contributed by atoms with Crippen LogP contribution in [0.4, 0.5) is 0 Å². The lowest BCUT2D eigenvalue weighted by atomic mass is 10.1. The number of carboxylic acid groups (broad SMARTS) is 1. The van der Waals surface area contributed by atoms with E-state index in [1.807, 2.05) is 23.5 Å². The molecule has 0 spiro atoms. The Labute approximate surface area is 159 Å². The van der Waals surface area contributed by atoms with Crippen molar-refractivity contribution in [2.45, 2.75) is 60.3 Å². The van der Waals surface area contributed by atoms with E-state index in [0.29, 0.717) is 4.58 Å². The molecule has 0 saturated carbocycles. The summed E-state index contributed by atoms with van der Waals surface area (Å²) in [7, 11) is 0. The molecule has 2 aromatic carbocycles. The summed E-state index contributed by atoms with van der Waals surface area (Å²) in [6.07, 6.45) is 4.17. The Balaban J connectivity index is 1.93. The highest BCUT2D eigenvalue weighted by Gasteiger charge is 2.13. The Morgan fingerprint density at radius 3 is 1.76 bits per heavy atom. The van der Waals surface area contributed by atoms with Gasteiger partial charge in [-0.25, -0.2) is 0 Å². The molecule has 0 saturated heterocycles. The van der Waals surface area contributed by atoms with Crippen molar-refractivity contribution in [3.8, 4) is 0 Å². The topological polar surface area (TPSA) is 37.3 Å². The summed E-state index contributed by atoms with van der Waals surface area (Å²) in [5.74, 6) is -0.695. The largest absolute Gasteiger partial charge is 0.481 e. The third kappa shape index (κ3) is 8.02. The summed E-state index contributed by atoms with van der Waals surface area (Å²) in [5, 5.41) is 8.75. The molecule has 25 heavy (non-hydrogen) atoms. The van der Waals surface area contributed by atoms with Gasteiger partial charge in [-0.05, 0) is 51.0 Å². The standard InChI is InChI=1S/C21H26O2S2/c1-16-8-12-18(13-9-16)24-21(7-5-3-4-6-20(22)23)25-19-14-10-17(2)11-15-19/h8-15,21H,3-7H2,1-2H3,(H,22,23). The van der Waals surface area contributed by atoms with Crippen LogP contribution in [0.1, 0.15) is 43.2 Å². The average Bonchev–Trinajstić information content (AvgIpc) is 2.58. The minimum atomic E-state index is -0.695. The van der Waals surface area contributed by atoms with E-state index in [9.17, 15) is 4.79 Å². The van der Waals surface area contributed by atoms with Gasteiger partial charge in [0.15, 0.2) is 0 Å². The van der Waals surface area contributed by atoms with E-state index in [-0.39, 0.29) is 6.42 Å². The Morgan fingerprint density at radius 2 is 1.32 bits per heavy atom. The van der Waals surface area contributed by atoms with Gasteiger partial charge in [0, 0.05) is 16.2 Å². The third-order valence-electron chi connectivity index (χ3n) is 3.91. The summed E-state index contributed by atoms with van der Waals surface area (Å²) in [5.41, 5.74) is 2.56. The highest BCUT2D eigenvalue weighted by atomic mass is 32.2. The number of carboxylic acids is 1. The first-order valence-electron chi connectivity index (χ1n) is 8.71. The second-order valence-electron chi connectivity index (χ2n) is 6.28. The van der Waals surface area contributed by atoms with Gasteiger partial charge >= 0.3 is 5.97 Å². The first-order chi connectivity index (χ1) is 12.0. The molecule has 1 N–H and O–H groups in total. The minimum Gasteiger partial charge on any atom is -0.481 e. The predicted molar refractivity (Wildman–Crippen MR) is 109 cm³/mol. The van der Waals surface area contributed by atoms with Gasteiger partial charge in [0.05, 0.1) is 4.58 Å². The van der Waals surface area contributed by atoms with Crippen molar-refractivity contribution in [3.63, 3.8) is 0 Å². The molecule has 0 heterocycles. The van der Waals surface area contributed by atoms with Gasteiger partial charge in [-0.1, -0.05) is 48.2 Å². The SMILES string of the molecule is Cc1ccc(SC(CCCCCC(=O)O)Sc2ccc(C)cc2)cc1. The van der Waals surface area contributed by atoms with Crippen LogP contribution in [0.5, 0.6) is 0 Å². The lowest BCUT2D eigenvalue weighted by Crippen LogP contribution is -1.99. The smallest absolute Gasteiger partial charge is 0.303 e. The molecule has 4 heteroatoms. The van der Waals surface area contributed by atoms with Crippen LogP contribution in [0.25, 0.3) is 0 Å². The zero-order valence-corrected chi connectivity index (χ0v) is 16.5. The van der Waals surface area contributed by atoms with Gasteiger partial charge < -0.3 is 5.11 Å². The molecular formula is C21H26O2S2. The van der Waals surface area contributed by atoms with Crippen molar-refractivity contribution in [1.29, 1.82) is 0 Å². The van der Waals surface area contributed by atoms with Gasteiger partial charge in [0.1, 0.15) is 0 Å².